The number of aliphatic imine (C=N–C) groups is 1. The van der Waals surface area contributed by atoms with Gasteiger partial charge in [-0.2, -0.15) is 0 Å². The van der Waals surface area contributed by atoms with Gasteiger partial charge in [0.05, 0.1) is 30.8 Å². The zero-order chi connectivity index (χ0) is 34.7. The van der Waals surface area contributed by atoms with E-state index < -0.39 is 6.04 Å². The van der Waals surface area contributed by atoms with Gasteiger partial charge in [0.25, 0.3) is 0 Å². The first-order valence-corrected chi connectivity index (χ1v) is 17.7. The number of fused-ring (bicyclic) bond motifs is 1. The molecule has 5 aromatic rings. The Bertz CT molecular complexity index is 2110. The molecule has 1 N–H and O–H groups in total. The van der Waals surface area contributed by atoms with Crippen molar-refractivity contribution in [2.24, 2.45) is 4.99 Å². The van der Waals surface area contributed by atoms with E-state index in [9.17, 15) is 14.4 Å². The fraction of sp³-hybridized carbons (Fsp3) is 0.262. The summed E-state index contributed by atoms with van der Waals surface area (Å²) in [5.41, 5.74) is 7.24. The second-order valence-electron chi connectivity index (χ2n) is 13.5. The normalized spacial score (nSPS) is 18.1. The number of carbonyl (C=O) groups is 3. The molecule has 4 heterocycles. The lowest BCUT2D eigenvalue weighted by Gasteiger charge is -2.25. The van der Waals surface area contributed by atoms with Gasteiger partial charge < -0.3 is 19.5 Å². The maximum Gasteiger partial charge on any atom is 0.247 e. The van der Waals surface area contributed by atoms with E-state index in [-0.39, 0.29) is 30.2 Å². The first-order valence-electron chi connectivity index (χ1n) is 17.7. The average Bonchev–Trinajstić information content (AvgIpc) is 3.98. The van der Waals surface area contributed by atoms with Gasteiger partial charge >= 0.3 is 0 Å². The Labute approximate surface area is 297 Å². The summed E-state index contributed by atoms with van der Waals surface area (Å²) in [6, 6.07) is 32.6. The topological polar surface area (TPSA) is 108 Å². The van der Waals surface area contributed by atoms with Gasteiger partial charge in [-0.3, -0.25) is 19.4 Å². The van der Waals surface area contributed by atoms with Crippen molar-refractivity contribution in [3.05, 3.63) is 126 Å². The molecule has 0 bridgehead atoms. The molecule has 9 nitrogen and oxygen atoms in total. The summed E-state index contributed by atoms with van der Waals surface area (Å²) in [7, 11) is 0. The predicted octanol–water partition coefficient (Wildman–Crippen LogP) is 7.04. The van der Waals surface area contributed by atoms with E-state index in [1.807, 2.05) is 102 Å². The minimum absolute atomic E-state index is 0.0182. The van der Waals surface area contributed by atoms with Crippen molar-refractivity contribution in [3.63, 3.8) is 0 Å². The molecular formula is C42H39N5O4. The molecule has 0 aliphatic carbocycles. The summed E-state index contributed by atoms with van der Waals surface area (Å²) in [5, 5.41) is 3.02. The van der Waals surface area contributed by atoms with Crippen molar-refractivity contribution in [2.75, 3.05) is 18.4 Å². The number of amides is 3. The molecule has 256 valence electrons. The molecule has 51 heavy (non-hydrogen) atoms. The third-order valence-corrected chi connectivity index (χ3v) is 10.1. The van der Waals surface area contributed by atoms with E-state index in [1.165, 1.54) is 0 Å². The lowest BCUT2D eigenvalue weighted by atomic mass is 10.0. The summed E-state index contributed by atoms with van der Waals surface area (Å²) in [6.07, 6.45) is 6.42. The van der Waals surface area contributed by atoms with E-state index in [0.29, 0.717) is 36.7 Å². The molecule has 9 heteroatoms. The number of carbonyl (C=O) groups excluding carboxylic acids is 3. The number of benzene rings is 4. The molecule has 4 aromatic carbocycles. The zero-order valence-electron chi connectivity index (χ0n) is 28.3. The van der Waals surface area contributed by atoms with Crippen LogP contribution >= 0.6 is 0 Å². The van der Waals surface area contributed by atoms with Crippen LogP contribution in [0.1, 0.15) is 42.4 Å². The Morgan fingerprint density at radius 3 is 2.22 bits per heavy atom. The number of nitrogens with zero attached hydrogens (tertiary/aromatic N) is 4. The predicted molar refractivity (Wildman–Crippen MR) is 197 cm³/mol. The molecule has 1 aromatic heterocycles. The van der Waals surface area contributed by atoms with Crippen LogP contribution in [-0.2, 0) is 33.6 Å². The summed E-state index contributed by atoms with van der Waals surface area (Å²) >= 11 is 0. The van der Waals surface area contributed by atoms with Crippen LogP contribution in [0.2, 0.25) is 0 Å². The summed E-state index contributed by atoms with van der Waals surface area (Å²) in [4.78, 5) is 53.0. The Balaban J connectivity index is 0.930. The van der Waals surface area contributed by atoms with Gasteiger partial charge in [0.15, 0.2) is 5.76 Å². The number of aromatic nitrogens is 1. The summed E-state index contributed by atoms with van der Waals surface area (Å²) in [5.74, 6) is 0.969. The molecule has 3 aliphatic rings. The molecule has 2 atom stereocenters. The van der Waals surface area contributed by atoms with Crippen LogP contribution in [0.25, 0.3) is 22.8 Å². The van der Waals surface area contributed by atoms with Gasteiger partial charge in [0.1, 0.15) is 6.04 Å². The maximum absolute atomic E-state index is 13.4. The molecule has 0 spiro atoms. The Morgan fingerprint density at radius 1 is 0.745 bits per heavy atom. The van der Waals surface area contributed by atoms with Gasteiger partial charge in [0.2, 0.25) is 23.6 Å². The minimum atomic E-state index is -0.503. The van der Waals surface area contributed by atoms with E-state index in [1.54, 1.807) is 11.1 Å². The molecule has 8 rings (SSSR count). The highest BCUT2D eigenvalue weighted by atomic mass is 16.4. The SMILES string of the molecule is O=C(Nc1cccc(-c2cnc(-c3ccc4c(c3)N=C([C@@H]3CCCN3C(=O)Cc3ccccc3)C4)o2)c1)[C@@H]1CCCN1C(=O)Cc1ccccc1. The summed E-state index contributed by atoms with van der Waals surface area (Å²) < 4.78 is 6.23. The molecule has 0 radical (unpaired) electrons. The second-order valence-corrected chi connectivity index (χ2v) is 13.5. The van der Waals surface area contributed by atoms with Crippen LogP contribution in [0.4, 0.5) is 11.4 Å². The number of hydrogen-bond donors (Lipinski definition) is 1. The van der Waals surface area contributed by atoms with Crippen LogP contribution in [-0.4, -0.2) is 63.4 Å². The van der Waals surface area contributed by atoms with Gasteiger partial charge in [-0.15, -0.1) is 0 Å². The fourth-order valence-electron chi connectivity index (χ4n) is 7.54. The van der Waals surface area contributed by atoms with Gasteiger partial charge in [-0.1, -0.05) is 78.9 Å². The standard InChI is InChI=1S/C42H39N5O4/c48-39(22-28-10-3-1-4-11-28)46-20-8-16-36(46)35-25-30-18-19-32(26-34(30)45-35)42-43-27-38(51-42)31-14-7-15-33(24-31)44-41(50)37-17-9-21-47(37)40(49)23-29-12-5-2-6-13-29/h1-7,10-15,18-19,24,26-27,36-37H,8-9,16-17,20-23,25H2,(H,44,50)/t36-,37-/m0/s1. The highest BCUT2D eigenvalue weighted by Gasteiger charge is 2.35. The van der Waals surface area contributed by atoms with Crippen LogP contribution in [0.3, 0.4) is 0 Å². The third-order valence-electron chi connectivity index (χ3n) is 10.1. The highest BCUT2D eigenvalue weighted by molar-refractivity contribution is 6.01. The molecule has 0 unspecified atom stereocenters. The molecule has 2 saturated heterocycles. The monoisotopic (exact) mass is 677 g/mol. The van der Waals surface area contributed by atoms with Crippen LogP contribution < -0.4 is 5.32 Å². The second kappa shape index (κ2) is 14.2. The van der Waals surface area contributed by atoms with Crippen LogP contribution in [0, 0.1) is 0 Å². The molecule has 3 aliphatic heterocycles. The van der Waals surface area contributed by atoms with E-state index in [0.717, 1.165) is 71.4 Å². The number of likely N-dealkylation sites (tertiary alicyclic amines) is 2. The zero-order valence-corrected chi connectivity index (χ0v) is 28.3. The van der Waals surface area contributed by atoms with Crippen molar-refractivity contribution in [2.45, 2.75) is 57.0 Å². The average molecular weight is 678 g/mol. The number of hydrogen-bond acceptors (Lipinski definition) is 6. The number of oxazole rings is 1. The lowest BCUT2D eigenvalue weighted by Crippen LogP contribution is -2.43. The van der Waals surface area contributed by atoms with Crippen molar-refractivity contribution in [1.82, 2.24) is 14.8 Å². The number of anilines is 1. The first kappa shape index (κ1) is 32.4. The first-order chi connectivity index (χ1) is 25.0. The van der Waals surface area contributed by atoms with E-state index >= 15 is 0 Å². The quantitative estimate of drug-likeness (QED) is 0.180. The highest BCUT2D eigenvalue weighted by Crippen LogP contribution is 2.36. The van der Waals surface area contributed by atoms with Crippen molar-refractivity contribution in [3.8, 4) is 22.8 Å². The van der Waals surface area contributed by atoms with Gasteiger partial charge in [-0.05, 0) is 66.6 Å². The Kier molecular flexibility index (Phi) is 9.01. The molecule has 2 fully saturated rings. The maximum atomic E-state index is 13.4. The van der Waals surface area contributed by atoms with Crippen molar-refractivity contribution < 1.29 is 18.8 Å². The molecular weight excluding hydrogens is 638 g/mol. The largest absolute Gasteiger partial charge is 0.436 e. The Morgan fingerprint density at radius 2 is 1.45 bits per heavy atom. The fourth-order valence-corrected chi connectivity index (χ4v) is 7.54. The van der Waals surface area contributed by atoms with Crippen LogP contribution in [0.15, 0.2) is 119 Å². The van der Waals surface area contributed by atoms with Gasteiger partial charge in [-0.25, -0.2) is 4.98 Å². The minimum Gasteiger partial charge on any atom is -0.436 e. The number of nitrogens with one attached hydrogen (secondary N) is 1. The smallest absolute Gasteiger partial charge is 0.247 e. The lowest BCUT2D eigenvalue weighted by molar-refractivity contribution is -0.136. The van der Waals surface area contributed by atoms with Crippen molar-refractivity contribution >= 4 is 34.8 Å². The van der Waals surface area contributed by atoms with E-state index in [4.69, 9.17) is 9.41 Å². The Hall–Kier alpha value is -5.83. The summed E-state index contributed by atoms with van der Waals surface area (Å²) in [6.45, 7) is 1.34. The van der Waals surface area contributed by atoms with Crippen molar-refractivity contribution in [1.29, 1.82) is 0 Å². The van der Waals surface area contributed by atoms with Crippen LogP contribution in [0.5, 0.6) is 0 Å². The van der Waals surface area contributed by atoms with Gasteiger partial charge in [0, 0.05) is 42.0 Å². The van der Waals surface area contributed by atoms with E-state index in [2.05, 4.69) is 16.4 Å². The molecule has 3 amide bonds. The third kappa shape index (κ3) is 6.97. The number of rotatable bonds is 9. The molecule has 0 saturated carbocycles.